The standard InChI is InChI=1S/C14H20BrNO2/c1-4-12(5-2)16-14(17)10(3)18-13-8-6-7-11(15)9-13/h6-10,12H,4-5H2,1-3H3,(H,16,17). The van der Waals surface area contributed by atoms with E-state index >= 15 is 0 Å². The lowest BCUT2D eigenvalue weighted by Gasteiger charge is -2.19. The zero-order chi connectivity index (χ0) is 13.5. The van der Waals surface area contributed by atoms with Crippen LogP contribution < -0.4 is 10.1 Å². The molecule has 1 unspecified atom stereocenters. The molecule has 4 heteroatoms. The highest BCUT2D eigenvalue weighted by atomic mass is 79.9. The number of benzene rings is 1. The molecule has 0 aromatic heterocycles. The summed E-state index contributed by atoms with van der Waals surface area (Å²) in [7, 11) is 0. The fourth-order valence-corrected chi connectivity index (χ4v) is 1.99. The normalized spacial score (nSPS) is 12.3. The van der Waals surface area contributed by atoms with Crippen LogP contribution in [0.25, 0.3) is 0 Å². The van der Waals surface area contributed by atoms with Gasteiger partial charge in [0, 0.05) is 10.5 Å². The molecule has 0 aliphatic heterocycles. The molecule has 0 saturated heterocycles. The molecule has 0 heterocycles. The molecule has 0 saturated carbocycles. The molecule has 0 aliphatic rings. The monoisotopic (exact) mass is 313 g/mol. The van der Waals surface area contributed by atoms with Crippen molar-refractivity contribution in [2.24, 2.45) is 0 Å². The van der Waals surface area contributed by atoms with Crippen molar-refractivity contribution in [2.75, 3.05) is 0 Å². The van der Waals surface area contributed by atoms with Crippen LogP contribution in [-0.2, 0) is 4.79 Å². The molecule has 1 amide bonds. The molecule has 1 aromatic rings. The van der Waals surface area contributed by atoms with Gasteiger partial charge in [-0.1, -0.05) is 35.8 Å². The summed E-state index contributed by atoms with van der Waals surface area (Å²) < 4.78 is 6.54. The van der Waals surface area contributed by atoms with Gasteiger partial charge in [0.05, 0.1) is 0 Å². The summed E-state index contributed by atoms with van der Waals surface area (Å²) in [5.41, 5.74) is 0. The summed E-state index contributed by atoms with van der Waals surface area (Å²) in [5.74, 6) is 0.625. The first-order valence-corrected chi connectivity index (χ1v) is 7.08. The first-order chi connectivity index (χ1) is 8.56. The zero-order valence-electron chi connectivity index (χ0n) is 11.1. The van der Waals surface area contributed by atoms with Crippen LogP contribution in [-0.4, -0.2) is 18.1 Å². The van der Waals surface area contributed by atoms with Crippen molar-refractivity contribution in [1.29, 1.82) is 0 Å². The lowest BCUT2D eigenvalue weighted by atomic mass is 10.1. The lowest BCUT2D eigenvalue weighted by Crippen LogP contribution is -2.42. The Balaban J connectivity index is 2.54. The summed E-state index contributed by atoms with van der Waals surface area (Å²) in [4.78, 5) is 11.9. The van der Waals surface area contributed by atoms with Gasteiger partial charge in [-0.2, -0.15) is 0 Å². The van der Waals surface area contributed by atoms with E-state index in [0.717, 1.165) is 17.3 Å². The largest absolute Gasteiger partial charge is 0.481 e. The van der Waals surface area contributed by atoms with Gasteiger partial charge in [0.15, 0.2) is 6.10 Å². The van der Waals surface area contributed by atoms with Crippen LogP contribution in [0.1, 0.15) is 33.6 Å². The molecular weight excluding hydrogens is 294 g/mol. The first-order valence-electron chi connectivity index (χ1n) is 6.29. The molecular formula is C14H20BrNO2. The van der Waals surface area contributed by atoms with Gasteiger partial charge in [0.1, 0.15) is 5.75 Å². The molecule has 18 heavy (non-hydrogen) atoms. The van der Waals surface area contributed by atoms with Crippen LogP contribution in [0.5, 0.6) is 5.75 Å². The zero-order valence-corrected chi connectivity index (χ0v) is 12.7. The highest BCUT2D eigenvalue weighted by Crippen LogP contribution is 2.18. The van der Waals surface area contributed by atoms with E-state index in [1.165, 1.54) is 0 Å². The Bertz CT molecular complexity index is 391. The minimum Gasteiger partial charge on any atom is -0.481 e. The molecule has 1 rings (SSSR count). The molecule has 0 radical (unpaired) electrons. The molecule has 100 valence electrons. The molecule has 1 aromatic carbocycles. The number of carbonyl (C=O) groups excluding carboxylic acids is 1. The molecule has 0 aliphatic carbocycles. The summed E-state index contributed by atoms with van der Waals surface area (Å²) in [5, 5.41) is 2.98. The molecule has 1 atom stereocenters. The van der Waals surface area contributed by atoms with Crippen molar-refractivity contribution in [2.45, 2.75) is 45.8 Å². The Hall–Kier alpha value is -1.03. The number of ether oxygens (including phenoxy) is 1. The van der Waals surface area contributed by atoms with Gasteiger partial charge in [-0.15, -0.1) is 0 Å². The number of hydrogen-bond acceptors (Lipinski definition) is 2. The van der Waals surface area contributed by atoms with Gasteiger partial charge in [-0.25, -0.2) is 0 Å². The fourth-order valence-electron chi connectivity index (χ4n) is 1.61. The SMILES string of the molecule is CCC(CC)NC(=O)C(C)Oc1cccc(Br)c1. The van der Waals surface area contributed by atoms with Crippen LogP contribution >= 0.6 is 15.9 Å². The topological polar surface area (TPSA) is 38.3 Å². The average Bonchev–Trinajstić information content (AvgIpc) is 2.35. The average molecular weight is 314 g/mol. The van der Waals surface area contributed by atoms with Gasteiger partial charge in [0.2, 0.25) is 0 Å². The summed E-state index contributed by atoms with van der Waals surface area (Å²) in [6.45, 7) is 5.89. The van der Waals surface area contributed by atoms with Crippen LogP contribution in [0.4, 0.5) is 0 Å². The summed E-state index contributed by atoms with van der Waals surface area (Å²) in [6.07, 6.45) is 1.39. The van der Waals surface area contributed by atoms with Crippen molar-refractivity contribution < 1.29 is 9.53 Å². The van der Waals surface area contributed by atoms with Crippen molar-refractivity contribution in [3.63, 3.8) is 0 Å². The minimum absolute atomic E-state index is 0.0660. The van der Waals surface area contributed by atoms with Crippen molar-refractivity contribution in [3.8, 4) is 5.75 Å². The molecule has 1 N–H and O–H groups in total. The van der Waals surface area contributed by atoms with Gasteiger partial charge < -0.3 is 10.1 Å². The number of rotatable bonds is 6. The predicted molar refractivity (Wildman–Crippen MR) is 76.7 cm³/mol. The molecule has 0 fully saturated rings. The first kappa shape index (κ1) is 15.0. The van der Waals surface area contributed by atoms with Gasteiger partial charge in [-0.3, -0.25) is 4.79 Å². The highest BCUT2D eigenvalue weighted by Gasteiger charge is 2.17. The summed E-state index contributed by atoms with van der Waals surface area (Å²) >= 11 is 3.37. The maximum absolute atomic E-state index is 11.9. The smallest absolute Gasteiger partial charge is 0.260 e. The second-order valence-electron chi connectivity index (χ2n) is 4.24. The number of halogens is 1. The van der Waals surface area contributed by atoms with E-state index in [-0.39, 0.29) is 11.9 Å². The number of hydrogen-bond donors (Lipinski definition) is 1. The number of nitrogens with one attached hydrogen (secondary N) is 1. The Morgan fingerprint density at radius 1 is 1.39 bits per heavy atom. The Kier molecular flexibility index (Phi) is 6.19. The van der Waals surface area contributed by atoms with Crippen molar-refractivity contribution in [1.82, 2.24) is 5.32 Å². The van der Waals surface area contributed by atoms with Crippen LogP contribution in [0.2, 0.25) is 0 Å². The van der Waals surface area contributed by atoms with Crippen LogP contribution in [0, 0.1) is 0 Å². The van der Waals surface area contributed by atoms with Crippen LogP contribution in [0.3, 0.4) is 0 Å². The lowest BCUT2D eigenvalue weighted by molar-refractivity contribution is -0.128. The van der Waals surface area contributed by atoms with E-state index in [1.54, 1.807) is 6.92 Å². The Morgan fingerprint density at radius 3 is 2.61 bits per heavy atom. The van der Waals surface area contributed by atoms with Gasteiger partial charge in [0.25, 0.3) is 5.91 Å². The third-order valence-corrected chi connectivity index (χ3v) is 3.30. The van der Waals surface area contributed by atoms with E-state index < -0.39 is 6.10 Å². The molecule has 3 nitrogen and oxygen atoms in total. The minimum atomic E-state index is -0.486. The van der Waals surface area contributed by atoms with E-state index in [4.69, 9.17) is 4.74 Å². The third-order valence-electron chi connectivity index (χ3n) is 2.81. The van der Waals surface area contributed by atoms with Crippen molar-refractivity contribution >= 4 is 21.8 Å². The van der Waals surface area contributed by atoms with Crippen molar-refractivity contribution in [3.05, 3.63) is 28.7 Å². The maximum Gasteiger partial charge on any atom is 0.260 e. The fraction of sp³-hybridized carbons (Fsp3) is 0.500. The Labute approximate surface area is 117 Å². The van der Waals surface area contributed by atoms with E-state index in [1.807, 2.05) is 24.3 Å². The maximum atomic E-state index is 11.9. The molecule has 0 bridgehead atoms. The highest BCUT2D eigenvalue weighted by molar-refractivity contribution is 9.10. The second-order valence-corrected chi connectivity index (χ2v) is 5.16. The van der Waals surface area contributed by atoms with Gasteiger partial charge >= 0.3 is 0 Å². The van der Waals surface area contributed by atoms with E-state index in [0.29, 0.717) is 5.75 Å². The van der Waals surface area contributed by atoms with Gasteiger partial charge in [-0.05, 0) is 38.0 Å². The van der Waals surface area contributed by atoms with E-state index in [2.05, 4.69) is 35.1 Å². The predicted octanol–water partition coefficient (Wildman–Crippen LogP) is 3.52. The Morgan fingerprint density at radius 2 is 2.06 bits per heavy atom. The van der Waals surface area contributed by atoms with E-state index in [9.17, 15) is 4.79 Å². The van der Waals surface area contributed by atoms with Crippen LogP contribution in [0.15, 0.2) is 28.7 Å². The number of amides is 1. The third kappa shape index (κ3) is 4.69. The summed E-state index contributed by atoms with van der Waals surface area (Å²) in [6, 6.07) is 7.71. The second kappa shape index (κ2) is 7.41. The number of carbonyl (C=O) groups is 1. The quantitative estimate of drug-likeness (QED) is 0.872. The molecule has 0 spiro atoms.